The van der Waals surface area contributed by atoms with Crippen molar-refractivity contribution in [1.29, 1.82) is 0 Å². The lowest BCUT2D eigenvalue weighted by atomic mass is 10.3. The topological polar surface area (TPSA) is 61.7 Å². The fourth-order valence-corrected chi connectivity index (χ4v) is 0.998. The molecule has 1 rings (SSSR count). The molecule has 1 aromatic rings. The summed E-state index contributed by atoms with van der Waals surface area (Å²) in [5.41, 5.74) is 8.95. The predicted octanol–water partition coefficient (Wildman–Crippen LogP) is 2.70. The van der Waals surface area contributed by atoms with Gasteiger partial charge in [0.1, 0.15) is 0 Å². The van der Waals surface area contributed by atoms with Gasteiger partial charge in [-0.2, -0.15) is 0 Å². The fraction of sp³-hybridized carbons (Fsp3) is 0.286. The zero-order valence-electron chi connectivity index (χ0n) is 6.31. The third-order valence-electron chi connectivity index (χ3n) is 1.32. The van der Waals surface area contributed by atoms with Crippen LogP contribution in [0.15, 0.2) is 27.9 Å². The van der Waals surface area contributed by atoms with Gasteiger partial charge in [-0.05, 0) is 40.0 Å². The standard InChI is InChI=1S/C7H7BrN4/c8-6-1-2-7(10-5-6)3-4-11-12-9/h1-2,5H,3-4H2. The highest BCUT2D eigenvalue weighted by molar-refractivity contribution is 9.10. The maximum atomic E-state index is 8.02. The van der Waals surface area contributed by atoms with Crippen LogP contribution in [-0.4, -0.2) is 11.5 Å². The molecule has 5 heteroatoms. The second-order valence-electron chi connectivity index (χ2n) is 2.17. The van der Waals surface area contributed by atoms with Gasteiger partial charge in [-0.15, -0.1) is 0 Å². The van der Waals surface area contributed by atoms with Crippen LogP contribution in [-0.2, 0) is 6.42 Å². The van der Waals surface area contributed by atoms with Gasteiger partial charge in [0.25, 0.3) is 0 Å². The molecule has 62 valence electrons. The summed E-state index contributed by atoms with van der Waals surface area (Å²) in [4.78, 5) is 6.78. The zero-order valence-corrected chi connectivity index (χ0v) is 7.90. The van der Waals surface area contributed by atoms with Gasteiger partial charge in [-0.1, -0.05) is 5.11 Å². The highest BCUT2D eigenvalue weighted by Gasteiger charge is 1.92. The van der Waals surface area contributed by atoms with Crippen LogP contribution in [0.3, 0.4) is 0 Å². The maximum absolute atomic E-state index is 8.02. The van der Waals surface area contributed by atoms with E-state index in [0.29, 0.717) is 13.0 Å². The minimum atomic E-state index is 0.463. The first-order valence-electron chi connectivity index (χ1n) is 3.44. The quantitative estimate of drug-likeness (QED) is 0.444. The van der Waals surface area contributed by atoms with E-state index in [1.807, 2.05) is 12.1 Å². The number of aromatic nitrogens is 1. The Morgan fingerprint density at radius 3 is 3.00 bits per heavy atom. The Balaban J connectivity index is 2.53. The normalized spacial score (nSPS) is 9.08. The third-order valence-corrected chi connectivity index (χ3v) is 1.79. The Morgan fingerprint density at radius 1 is 1.58 bits per heavy atom. The number of rotatable bonds is 3. The van der Waals surface area contributed by atoms with Gasteiger partial charge >= 0.3 is 0 Å². The van der Waals surface area contributed by atoms with Gasteiger partial charge < -0.3 is 0 Å². The van der Waals surface area contributed by atoms with Crippen LogP contribution in [0.1, 0.15) is 5.69 Å². The number of halogens is 1. The zero-order chi connectivity index (χ0) is 8.81. The second-order valence-corrected chi connectivity index (χ2v) is 3.09. The number of azide groups is 1. The lowest BCUT2D eigenvalue weighted by Crippen LogP contribution is -1.91. The summed E-state index contributed by atoms with van der Waals surface area (Å²) >= 11 is 3.28. The van der Waals surface area contributed by atoms with Crippen molar-refractivity contribution in [2.45, 2.75) is 6.42 Å². The van der Waals surface area contributed by atoms with E-state index in [4.69, 9.17) is 5.53 Å². The second kappa shape index (κ2) is 4.74. The molecule has 0 amide bonds. The molecule has 0 saturated heterocycles. The summed E-state index contributed by atoms with van der Waals surface area (Å²) < 4.78 is 0.954. The molecule has 0 aliphatic carbocycles. The van der Waals surface area contributed by atoms with Crippen LogP contribution >= 0.6 is 15.9 Å². The first kappa shape index (κ1) is 9.03. The molecule has 0 spiro atoms. The molecule has 0 saturated carbocycles. The van der Waals surface area contributed by atoms with Gasteiger partial charge in [-0.25, -0.2) is 0 Å². The van der Waals surface area contributed by atoms with Crippen LogP contribution in [0.2, 0.25) is 0 Å². The Morgan fingerprint density at radius 2 is 2.42 bits per heavy atom. The monoisotopic (exact) mass is 226 g/mol. The Kier molecular flexibility index (Phi) is 3.57. The molecule has 4 nitrogen and oxygen atoms in total. The van der Waals surface area contributed by atoms with Crippen LogP contribution < -0.4 is 0 Å². The van der Waals surface area contributed by atoms with Gasteiger partial charge in [0.2, 0.25) is 0 Å². The molecule has 0 atom stereocenters. The van der Waals surface area contributed by atoms with E-state index in [0.717, 1.165) is 10.2 Å². The Hall–Kier alpha value is -1.06. The smallest absolute Gasteiger partial charge is 0.0413 e. The number of pyridine rings is 1. The van der Waals surface area contributed by atoms with Gasteiger partial charge in [0.05, 0.1) is 0 Å². The van der Waals surface area contributed by atoms with Gasteiger partial charge in [-0.3, -0.25) is 4.98 Å². The molecule has 0 bridgehead atoms. The highest BCUT2D eigenvalue weighted by atomic mass is 79.9. The van der Waals surface area contributed by atoms with Gasteiger partial charge in [0.15, 0.2) is 0 Å². The van der Waals surface area contributed by atoms with Crippen molar-refractivity contribution in [3.05, 3.63) is 38.9 Å². The van der Waals surface area contributed by atoms with Crippen LogP contribution in [0.4, 0.5) is 0 Å². The van der Waals surface area contributed by atoms with E-state index in [1.54, 1.807) is 6.20 Å². The first-order valence-corrected chi connectivity index (χ1v) is 4.23. The molecule has 0 fully saturated rings. The minimum absolute atomic E-state index is 0.463. The van der Waals surface area contributed by atoms with Crippen molar-refractivity contribution in [2.75, 3.05) is 6.54 Å². The molecular formula is C7H7BrN4. The average Bonchev–Trinajstić information content (AvgIpc) is 2.09. The molecule has 1 heterocycles. The average molecular weight is 227 g/mol. The van der Waals surface area contributed by atoms with Crippen molar-refractivity contribution in [2.24, 2.45) is 5.11 Å². The molecule has 0 unspecified atom stereocenters. The first-order chi connectivity index (χ1) is 5.83. The Labute approximate surface area is 78.4 Å². The number of nitrogens with zero attached hydrogens (tertiary/aromatic N) is 4. The van der Waals surface area contributed by atoms with Crippen molar-refractivity contribution < 1.29 is 0 Å². The molecular weight excluding hydrogens is 220 g/mol. The van der Waals surface area contributed by atoms with E-state index in [-0.39, 0.29) is 0 Å². The molecule has 12 heavy (non-hydrogen) atoms. The largest absolute Gasteiger partial charge is 0.260 e. The van der Waals surface area contributed by atoms with Gasteiger partial charge in [0, 0.05) is 27.8 Å². The molecule has 0 N–H and O–H groups in total. The SMILES string of the molecule is [N-]=[N+]=NCCc1ccc(Br)cn1. The minimum Gasteiger partial charge on any atom is -0.260 e. The van der Waals surface area contributed by atoms with E-state index in [9.17, 15) is 0 Å². The van der Waals surface area contributed by atoms with Crippen molar-refractivity contribution in [3.8, 4) is 0 Å². The van der Waals surface area contributed by atoms with E-state index < -0.39 is 0 Å². The van der Waals surface area contributed by atoms with E-state index >= 15 is 0 Å². The Bertz CT molecular complexity index is 289. The number of hydrogen-bond donors (Lipinski definition) is 0. The van der Waals surface area contributed by atoms with E-state index in [2.05, 4.69) is 30.9 Å². The lowest BCUT2D eigenvalue weighted by molar-refractivity contribution is 0.913. The van der Waals surface area contributed by atoms with Crippen molar-refractivity contribution in [1.82, 2.24) is 4.98 Å². The van der Waals surface area contributed by atoms with E-state index in [1.165, 1.54) is 0 Å². The summed E-state index contributed by atoms with van der Waals surface area (Å²) in [6.45, 7) is 0.463. The molecule has 1 aromatic heterocycles. The summed E-state index contributed by atoms with van der Waals surface area (Å²) in [5.74, 6) is 0. The number of hydrogen-bond acceptors (Lipinski definition) is 2. The third kappa shape index (κ3) is 2.90. The fourth-order valence-electron chi connectivity index (χ4n) is 0.764. The maximum Gasteiger partial charge on any atom is 0.0413 e. The molecule has 0 aromatic carbocycles. The molecule has 0 radical (unpaired) electrons. The summed E-state index contributed by atoms with van der Waals surface area (Å²) in [6.07, 6.45) is 2.42. The molecule has 0 aliphatic heterocycles. The summed E-state index contributed by atoms with van der Waals surface area (Å²) in [5, 5.41) is 3.42. The predicted molar refractivity (Wildman–Crippen MR) is 49.7 cm³/mol. The summed E-state index contributed by atoms with van der Waals surface area (Å²) in [6, 6.07) is 3.81. The van der Waals surface area contributed by atoms with Crippen LogP contribution in [0.25, 0.3) is 10.4 Å². The summed E-state index contributed by atoms with van der Waals surface area (Å²) in [7, 11) is 0. The van der Waals surface area contributed by atoms with Crippen LogP contribution in [0, 0.1) is 0 Å². The van der Waals surface area contributed by atoms with Crippen molar-refractivity contribution >= 4 is 15.9 Å². The van der Waals surface area contributed by atoms with Crippen molar-refractivity contribution in [3.63, 3.8) is 0 Å². The molecule has 0 aliphatic rings. The highest BCUT2D eigenvalue weighted by Crippen LogP contribution is 2.07. The lowest BCUT2D eigenvalue weighted by Gasteiger charge is -1.95. The van der Waals surface area contributed by atoms with Crippen LogP contribution in [0.5, 0.6) is 0 Å².